The van der Waals surface area contributed by atoms with Crippen molar-refractivity contribution in [2.24, 2.45) is 7.05 Å². The van der Waals surface area contributed by atoms with Crippen molar-refractivity contribution in [3.8, 4) is 11.3 Å². The van der Waals surface area contributed by atoms with Crippen molar-refractivity contribution in [2.45, 2.75) is 13.1 Å². The highest BCUT2D eigenvalue weighted by Crippen LogP contribution is 2.39. The van der Waals surface area contributed by atoms with Gasteiger partial charge in [-0.25, -0.2) is 4.39 Å². The van der Waals surface area contributed by atoms with Crippen molar-refractivity contribution in [1.29, 1.82) is 0 Å². The molecule has 30 heavy (non-hydrogen) atoms. The molecule has 1 amide bonds. The van der Waals surface area contributed by atoms with E-state index in [0.717, 1.165) is 16.8 Å². The number of carbonyl (C=O) groups excluding carboxylic acids is 1. The van der Waals surface area contributed by atoms with Crippen LogP contribution < -0.4 is 5.32 Å². The van der Waals surface area contributed by atoms with E-state index in [4.69, 9.17) is 9.79 Å². The van der Waals surface area contributed by atoms with Crippen molar-refractivity contribution in [3.05, 3.63) is 77.7 Å². The highest BCUT2D eigenvalue weighted by molar-refractivity contribution is 7.50. The maximum Gasteiger partial charge on any atom is 0.329 e. The number of allylic oxidation sites excluding steroid dienone is 1. The third kappa shape index (κ3) is 5.51. The molecule has 3 N–H and O–H groups in total. The lowest BCUT2D eigenvalue weighted by molar-refractivity contribution is -0.111. The minimum atomic E-state index is -4.14. The van der Waals surface area contributed by atoms with Crippen LogP contribution >= 0.6 is 7.60 Å². The first kappa shape index (κ1) is 21.6. The van der Waals surface area contributed by atoms with Gasteiger partial charge in [0.2, 0.25) is 5.91 Å². The van der Waals surface area contributed by atoms with E-state index in [0.29, 0.717) is 16.8 Å². The van der Waals surface area contributed by atoms with Crippen molar-refractivity contribution in [3.63, 3.8) is 0 Å². The van der Waals surface area contributed by atoms with Crippen LogP contribution in [0.1, 0.15) is 18.1 Å². The zero-order valence-corrected chi connectivity index (χ0v) is 17.3. The number of hydrogen-bond acceptors (Lipinski definition) is 3. The Balaban J connectivity index is 1.77. The molecular formula is C21H21FN3O4P. The topological polar surface area (TPSA) is 104 Å². The SMILES string of the molecule is CC(=CC(=O)Nc1ccc(CP(=O)(O)O)cc1)c1cnn(C)c1-c1ccc(F)cc1. The molecule has 0 saturated heterocycles. The van der Waals surface area contributed by atoms with E-state index >= 15 is 0 Å². The van der Waals surface area contributed by atoms with Gasteiger partial charge >= 0.3 is 7.60 Å². The number of carbonyl (C=O) groups is 1. The molecule has 7 nitrogen and oxygen atoms in total. The second kappa shape index (κ2) is 8.75. The van der Waals surface area contributed by atoms with E-state index in [1.807, 2.05) is 0 Å². The molecule has 0 saturated carbocycles. The predicted molar refractivity (Wildman–Crippen MR) is 113 cm³/mol. The first-order chi connectivity index (χ1) is 14.1. The van der Waals surface area contributed by atoms with E-state index in [9.17, 15) is 13.8 Å². The van der Waals surface area contributed by atoms with Gasteiger partial charge in [-0.15, -0.1) is 0 Å². The Morgan fingerprint density at radius 1 is 1.17 bits per heavy atom. The number of aryl methyl sites for hydroxylation is 1. The van der Waals surface area contributed by atoms with E-state index in [2.05, 4.69) is 10.4 Å². The number of nitrogens with zero attached hydrogens (tertiary/aromatic N) is 2. The van der Waals surface area contributed by atoms with E-state index in [1.165, 1.54) is 18.2 Å². The van der Waals surface area contributed by atoms with Gasteiger partial charge in [-0.05, 0) is 54.5 Å². The number of amides is 1. The Morgan fingerprint density at radius 2 is 1.80 bits per heavy atom. The summed E-state index contributed by atoms with van der Waals surface area (Å²) in [6.07, 6.45) is 2.73. The highest BCUT2D eigenvalue weighted by atomic mass is 31.2. The van der Waals surface area contributed by atoms with Crippen LogP contribution in [-0.2, 0) is 22.6 Å². The summed E-state index contributed by atoms with van der Waals surface area (Å²) in [7, 11) is -2.37. The van der Waals surface area contributed by atoms with Gasteiger partial charge in [0.1, 0.15) is 5.82 Å². The summed E-state index contributed by atoms with van der Waals surface area (Å²) in [4.78, 5) is 30.5. The van der Waals surface area contributed by atoms with Crippen molar-refractivity contribution in [1.82, 2.24) is 9.78 Å². The van der Waals surface area contributed by atoms with Gasteiger partial charge in [-0.2, -0.15) is 5.10 Å². The average molecular weight is 429 g/mol. The van der Waals surface area contributed by atoms with Gasteiger partial charge < -0.3 is 15.1 Å². The number of halogens is 1. The van der Waals surface area contributed by atoms with Crippen LogP contribution in [0.15, 0.2) is 60.8 Å². The standard InChI is InChI=1S/C21H21FN3O4P/c1-14(19-12-23-25(2)21(19)16-5-7-17(22)8-6-16)11-20(26)24-18-9-3-15(4-10-18)13-30(27,28)29/h3-12H,13H2,1-2H3,(H,24,26)(H2,27,28,29). The van der Waals surface area contributed by atoms with E-state index in [-0.39, 0.29) is 17.9 Å². The highest BCUT2D eigenvalue weighted by Gasteiger charge is 2.15. The molecule has 1 aromatic heterocycles. The van der Waals surface area contributed by atoms with Crippen LogP contribution in [0.5, 0.6) is 0 Å². The van der Waals surface area contributed by atoms with Crippen LogP contribution in [0.4, 0.5) is 10.1 Å². The van der Waals surface area contributed by atoms with Gasteiger partial charge in [-0.1, -0.05) is 12.1 Å². The number of aromatic nitrogens is 2. The van der Waals surface area contributed by atoms with E-state index < -0.39 is 7.60 Å². The lowest BCUT2D eigenvalue weighted by Gasteiger charge is -2.08. The first-order valence-electron chi connectivity index (χ1n) is 9.03. The molecule has 0 aliphatic carbocycles. The number of benzene rings is 2. The van der Waals surface area contributed by atoms with Gasteiger partial charge in [0.15, 0.2) is 0 Å². The Hall–Kier alpha value is -3.06. The zero-order chi connectivity index (χ0) is 21.9. The van der Waals surface area contributed by atoms with Crippen LogP contribution in [0, 0.1) is 5.82 Å². The summed E-state index contributed by atoms with van der Waals surface area (Å²) in [6.45, 7) is 1.78. The molecule has 1 heterocycles. The van der Waals surface area contributed by atoms with Crippen LogP contribution in [0.25, 0.3) is 16.8 Å². The third-order valence-corrected chi connectivity index (χ3v) is 5.22. The fourth-order valence-corrected chi connectivity index (χ4v) is 3.75. The van der Waals surface area contributed by atoms with Crippen LogP contribution in [-0.4, -0.2) is 25.5 Å². The van der Waals surface area contributed by atoms with Gasteiger partial charge in [0, 0.05) is 29.9 Å². The molecule has 0 aliphatic heterocycles. The summed E-state index contributed by atoms with van der Waals surface area (Å²) in [5.74, 6) is -0.690. The Labute approximate surface area is 173 Å². The molecule has 0 bridgehead atoms. The predicted octanol–water partition coefficient (Wildman–Crippen LogP) is 3.95. The van der Waals surface area contributed by atoms with Gasteiger partial charge in [-0.3, -0.25) is 14.0 Å². The minimum Gasteiger partial charge on any atom is -0.324 e. The Bertz CT molecular complexity index is 1130. The zero-order valence-electron chi connectivity index (χ0n) is 16.4. The van der Waals surface area contributed by atoms with Crippen molar-refractivity contribution in [2.75, 3.05) is 5.32 Å². The Kier molecular flexibility index (Phi) is 6.31. The maximum atomic E-state index is 13.2. The Morgan fingerprint density at radius 3 is 2.40 bits per heavy atom. The normalized spacial score (nSPS) is 12.1. The second-order valence-corrected chi connectivity index (χ2v) is 8.52. The van der Waals surface area contributed by atoms with Gasteiger partial charge in [0.25, 0.3) is 0 Å². The fourth-order valence-electron chi connectivity index (χ4n) is 3.06. The molecule has 9 heteroatoms. The number of nitrogens with one attached hydrogen (secondary N) is 1. The lowest BCUT2D eigenvalue weighted by Crippen LogP contribution is -2.08. The minimum absolute atomic E-state index is 0.332. The maximum absolute atomic E-state index is 13.2. The number of rotatable bonds is 6. The molecule has 156 valence electrons. The second-order valence-electron chi connectivity index (χ2n) is 6.87. The molecule has 3 aromatic rings. The molecule has 0 fully saturated rings. The summed E-state index contributed by atoms with van der Waals surface area (Å²) in [5.41, 5.74) is 3.95. The molecule has 0 radical (unpaired) electrons. The van der Waals surface area contributed by atoms with E-state index in [1.54, 1.807) is 61.2 Å². The molecule has 0 spiro atoms. The van der Waals surface area contributed by atoms with Crippen molar-refractivity contribution < 1.29 is 23.5 Å². The molecule has 0 unspecified atom stereocenters. The molecule has 0 atom stereocenters. The molecule has 2 aromatic carbocycles. The summed E-state index contributed by atoms with van der Waals surface area (Å²) < 4.78 is 26.0. The van der Waals surface area contributed by atoms with Crippen molar-refractivity contribution >= 4 is 24.8 Å². The molecular weight excluding hydrogens is 408 g/mol. The molecule has 0 aliphatic rings. The number of anilines is 1. The van der Waals surface area contributed by atoms with Gasteiger partial charge in [0.05, 0.1) is 18.1 Å². The summed E-state index contributed by atoms with van der Waals surface area (Å²) in [6, 6.07) is 12.3. The largest absolute Gasteiger partial charge is 0.329 e. The average Bonchev–Trinajstić information content (AvgIpc) is 3.04. The summed E-state index contributed by atoms with van der Waals surface area (Å²) in [5, 5.41) is 6.97. The first-order valence-corrected chi connectivity index (χ1v) is 10.8. The monoisotopic (exact) mass is 429 g/mol. The quantitative estimate of drug-likeness (QED) is 0.407. The van der Waals surface area contributed by atoms with Crippen LogP contribution in [0.3, 0.4) is 0 Å². The third-order valence-electron chi connectivity index (χ3n) is 4.44. The fraction of sp³-hybridized carbons (Fsp3) is 0.143. The smallest absolute Gasteiger partial charge is 0.324 e. The lowest BCUT2D eigenvalue weighted by atomic mass is 10.0. The summed E-state index contributed by atoms with van der Waals surface area (Å²) >= 11 is 0. The van der Waals surface area contributed by atoms with Crippen LogP contribution in [0.2, 0.25) is 0 Å². The molecule has 3 rings (SSSR count). The number of hydrogen-bond donors (Lipinski definition) is 3.